The van der Waals surface area contributed by atoms with Gasteiger partial charge >= 0.3 is 6.03 Å². The van der Waals surface area contributed by atoms with Crippen molar-refractivity contribution in [1.29, 1.82) is 0 Å². The molecule has 0 bridgehead atoms. The van der Waals surface area contributed by atoms with Crippen LogP contribution in [0.25, 0.3) is 11.3 Å². The van der Waals surface area contributed by atoms with E-state index < -0.39 is 0 Å². The van der Waals surface area contributed by atoms with Crippen LogP contribution in [0.15, 0.2) is 18.2 Å². The van der Waals surface area contributed by atoms with E-state index >= 15 is 0 Å². The molecule has 0 aliphatic heterocycles. The fourth-order valence-corrected chi connectivity index (χ4v) is 3.55. The Morgan fingerprint density at radius 2 is 2.04 bits per heavy atom. The number of H-pyrrole nitrogens is 1. The zero-order valence-corrected chi connectivity index (χ0v) is 15.6. The van der Waals surface area contributed by atoms with Crippen LogP contribution in [0.3, 0.4) is 0 Å². The summed E-state index contributed by atoms with van der Waals surface area (Å²) in [5, 5.41) is 11.8. The van der Waals surface area contributed by atoms with Gasteiger partial charge in [0.2, 0.25) is 0 Å². The van der Waals surface area contributed by atoms with Crippen LogP contribution in [-0.4, -0.2) is 41.1 Å². The van der Waals surface area contributed by atoms with E-state index in [0.29, 0.717) is 22.5 Å². The molecule has 26 heavy (non-hydrogen) atoms. The first-order chi connectivity index (χ1) is 12.5. The van der Waals surface area contributed by atoms with Crippen molar-refractivity contribution in [2.75, 3.05) is 19.4 Å². The van der Waals surface area contributed by atoms with Crippen molar-refractivity contribution in [3.63, 3.8) is 0 Å². The SMILES string of the molecule is CCCC(CC)c1[nH]nc2c1C(=O)c1c(NC(=O)NN(C)C)cccc1-2. The Morgan fingerprint density at radius 3 is 2.69 bits per heavy atom. The smallest absolute Gasteiger partial charge is 0.306 e. The highest BCUT2D eigenvalue weighted by atomic mass is 16.2. The van der Waals surface area contributed by atoms with Crippen molar-refractivity contribution in [1.82, 2.24) is 20.6 Å². The summed E-state index contributed by atoms with van der Waals surface area (Å²) in [5.74, 6) is 0.206. The van der Waals surface area contributed by atoms with E-state index in [1.165, 1.54) is 0 Å². The highest BCUT2D eigenvalue weighted by molar-refractivity contribution is 6.25. The highest BCUT2D eigenvalue weighted by Gasteiger charge is 2.36. The topological polar surface area (TPSA) is 90.1 Å². The van der Waals surface area contributed by atoms with E-state index in [4.69, 9.17) is 0 Å². The van der Waals surface area contributed by atoms with Gasteiger partial charge in [0.25, 0.3) is 0 Å². The lowest BCUT2D eigenvalue weighted by molar-refractivity contribution is 0.104. The average Bonchev–Trinajstić information content (AvgIpc) is 3.13. The van der Waals surface area contributed by atoms with Gasteiger partial charge in [-0.3, -0.25) is 15.3 Å². The fraction of sp³-hybridized carbons (Fsp3) is 0.421. The van der Waals surface area contributed by atoms with E-state index in [1.54, 1.807) is 25.2 Å². The van der Waals surface area contributed by atoms with Crippen LogP contribution in [0.2, 0.25) is 0 Å². The van der Waals surface area contributed by atoms with E-state index in [-0.39, 0.29) is 17.7 Å². The highest BCUT2D eigenvalue weighted by Crippen LogP contribution is 2.42. The summed E-state index contributed by atoms with van der Waals surface area (Å²) in [7, 11) is 3.45. The molecule has 1 aromatic heterocycles. The van der Waals surface area contributed by atoms with Gasteiger partial charge in [-0.1, -0.05) is 32.4 Å². The Kier molecular flexibility index (Phi) is 5.08. The summed E-state index contributed by atoms with van der Waals surface area (Å²) < 4.78 is 0. The Labute approximate surface area is 153 Å². The number of fused-ring (bicyclic) bond motifs is 3. The predicted molar refractivity (Wildman–Crippen MR) is 101 cm³/mol. The van der Waals surface area contributed by atoms with Gasteiger partial charge < -0.3 is 5.32 Å². The van der Waals surface area contributed by atoms with E-state index in [1.807, 2.05) is 12.1 Å². The summed E-state index contributed by atoms with van der Waals surface area (Å²) >= 11 is 0. The Balaban J connectivity index is 1.98. The second-order valence-electron chi connectivity index (χ2n) is 6.77. The standard InChI is InChI=1S/C19H25N5O2/c1-5-8-11(6-2)16-15-17(22-21-16)12-9-7-10-13(14(12)18(15)25)20-19(26)23-24(3)4/h7,9-11H,5-6,8H2,1-4H3,(H,21,22)(H2,20,23,26). The van der Waals surface area contributed by atoms with Crippen LogP contribution >= 0.6 is 0 Å². The molecule has 1 aromatic carbocycles. The Bertz CT molecular complexity index is 840. The number of hydrogen-bond acceptors (Lipinski definition) is 4. The first-order valence-corrected chi connectivity index (χ1v) is 8.99. The minimum absolute atomic E-state index is 0.0749. The number of carbonyl (C=O) groups excluding carboxylic acids is 2. The zero-order valence-electron chi connectivity index (χ0n) is 15.6. The normalized spacial score (nSPS) is 13.5. The van der Waals surface area contributed by atoms with Crippen LogP contribution < -0.4 is 10.7 Å². The number of rotatable bonds is 6. The molecule has 0 spiro atoms. The number of benzene rings is 1. The maximum Gasteiger partial charge on any atom is 0.333 e. The predicted octanol–water partition coefficient (Wildman–Crippen LogP) is 3.51. The third-order valence-corrected chi connectivity index (χ3v) is 4.68. The van der Waals surface area contributed by atoms with Crippen molar-refractivity contribution in [3.05, 3.63) is 35.0 Å². The van der Waals surface area contributed by atoms with Crippen molar-refractivity contribution in [2.45, 2.75) is 39.0 Å². The summed E-state index contributed by atoms with van der Waals surface area (Å²) in [6, 6.07) is 5.05. The van der Waals surface area contributed by atoms with Crippen LogP contribution in [0.4, 0.5) is 10.5 Å². The molecule has 2 amide bonds. The maximum atomic E-state index is 13.2. The third kappa shape index (κ3) is 3.10. The molecule has 0 fully saturated rings. The molecule has 7 nitrogen and oxygen atoms in total. The lowest BCUT2D eigenvalue weighted by Crippen LogP contribution is -2.39. The van der Waals surface area contributed by atoms with Gasteiger partial charge in [0.1, 0.15) is 5.69 Å². The number of hydrazine groups is 1. The van der Waals surface area contributed by atoms with E-state index in [9.17, 15) is 9.59 Å². The molecular formula is C19H25N5O2. The average molecular weight is 355 g/mol. The number of hydrogen-bond donors (Lipinski definition) is 3. The number of nitrogens with one attached hydrogen (secondary N) is 3. The van der Waals surface area contributed by atoms with E-state index in [2.05, 4.69) is 34.8 Å². The number of anilines is 1. The summed E-state index contributed by atoms with van der Waals surface area (Å²) in [6.45, 7) is 4.26. The molecule has 1 aliphatic rings. The lowest BCUT2D eigenvalue weighted by Gasteiger charge is -2.15. The Morgan fingerprint density at radius 1 is 1.27 bits per heavy atom. The van der Waals surface area contributed by atoms with Crippen LogP contribution in [0, 0.1) is 0 Å². The minimum atomic E-state index is -0.389. The molecule has 1 aliphatic carbocycles. The summed E-state index contributed by atoms with van der Waals surface area (Å²) in [6.07, 6.45) is 3.00. The lowest BCUT2D eigenvalue weighted by atomic mass is 9.93. The third-order valence-electron chi connectivity index (χ3n) is 4.68. The molecule has 0 saturated carbocycles. The Hall–Kier alpha value is -2.67. The number of amides is 2. The maximum absolute atomic E-state index is 13.2. The molecule has 1 unspecified atom stereocenters. The molecule has 3 N–H and O–H groups in total. The van der Waals surface area contributed by atoms with Crippen LogP contribution in [0.1, 0.15) is 60.6 Å². The van der Waals surface area contributed by atoms with E-state index in [0.717, 1.165) is 30.5 Å². The second kappa shape index (κ2) is 7.29. The van der Waals surface area contributed by atoms with Crippen LogP contribution in [-0.2, 0) is 0 Å². The van der Waals surface area contributed by atoms with Gasteiger partial charge in [-0.25, -0.2) is 9.80 Å². The van der Waals surface area contributed by atoms with Gasteiger partial charge in [-0.15, -0.1) is 0 Å². The molecule has 138 valence electrons. The van der Waals surface area contributed by atoms with Gasteiger partial charge in [-0.2, -0.15) is 5.10 Å². The molecular weight excluding hydrogens is 330 g/mol. The zero-order chi connectivity index (χ0) is 18.8. The molecule has 1 atom stereocenters. The second-order valence-corrected chi connectivity index (χ2v) is 6.77. The number of aromatic amines is 1. The van der Waals surface area contributed by atoms with Gasteiger partial charge in [0.15, 0.2) is 5.78 Å². The van der Waals surface area contributed by atoms with Gasteiger partial charge in [-0.05, 0) is 18.9 Å². The first-order valence-electron chi connectivity index (χ1n) is 8.99. The molecule has 0 saturated heterocycles. The number of aromatic nitrogens is 2. The van der Waals surface area contributed by atoms with Gasteiger partial charge in [0, 0.05) is 25.6 Å². The largest absolute Gasteiger partial charge is 0.333 e. The van der Waals surface area contributed by atoms with Crippen molar-refractivity contribution in [2.24, 2.45) is 0 Å². The summed E-state index contributed by atoms with van der Waals surface area (Å²) in [4.78, 5) is 25.2. The first kappa shape index (κ1) is 18.1. The number of ketones is 1. The van der Waals surface area contributed by atoms with Crippen molar-refractivity contribution >= 4 is 17.5 Å². The monoisotopic (exact) mass is 355 g/mol. The van der Waals surface area contributed by atoms with Gasteiger partial charge in [0.05, 0.1) is 22.5 Å². The summed E-state index contributed by atoms with van der Waals surface area (Å²) in [5.41, 5.74) is 6.65. The number of urea groups is 1. The number of nitrogens with zero attached hydrogens (tertiary/aromatic N) is 2. The van der Waals surface area contributed by atoms with Crippen molar-refractivity contribution < 1.29 is 9.59 Å². The fourth-order valence-electron chi connectivity index (χ4n) is 3.55. The van der Waals surface area contributed by atoms with Crippen LogP contribution in [0.5, 0.6) is 0 Å². The molecule has 0 radical (unpaired) electrons. The molecule has 3 rings (SSSR count). The minimum Gasteiger partial charge on any atom is -0.306 e. The number of carbonyl (C=O) groups is 2. The van der Waals surface area contributed by atoms with Crippen molar-refractivity contribution in [3.8, 4) is 11.3 Å². The molecule has 7 heteroatoms. The quantitative estimate of drug-likeness (QED) is 0.590. The molecule has 2 aromatic rings. The molecule has 1 heterocycles.